The Morgan fingerprint density at radius 2 is 1.58 bits per heavy atom. The highest BCUT2D eigenvalue weighted by Crippen LogP contribution is 2.27. The van der Waals surface area contributed by atoms with E-state index in [1.54, 1.807) is 77.3 Å². The molecule has 33 heavy (non-hydrogen) atoms. The van der Waals surface area contributed by atoms with E-state index in [1.165, 1.54) is 11.3 Å². The molecule has 0 aliphatic heterocycles. The molecule has 1 aromatic heterocycles. The van der Waals surface area contributed by atoms with E-state index in [4.69, 9.17) is 25.8 Å². The number of nitrogens with one attached hydrogen (secondary N) is 1. The Morgan fingerprint density at radius 1 is 0.970 bits per heavy atom. The van der Waals surface area contributed by atoms with Gasteiger partial charge < -0.3 is 19.5 Å². The van der Waals surface area contributed by atoms with Crippen molar-refractivity contribution in [3.63, 3.8) is 0 Å². The smallest absolute Gasteiger partial charge is 0.444 e. The van der Waals surface area contributed by atoms with Crippen molar-refractivity contribution in [1.29, 1.82) is 0 Å². The van der Waals surface area contributed by atoms with Crippen LogP contribution in [0, 0.1) is 0 Å². The van der Waals surface area contributed by atoms with E-state index in [-0.39, 0.29) is 12.2 Å². The van der Waals surface area contributed by atoms with Crippen LogP contribution in [0.1, 0.15) is 75.7 Å². The molecule has 0 aliphatic carbocycles. The predicted octanol–water partition coefficient (Wildman–Crippen LogP) is 6.94. The molecule has 1 aromatic carbocycles. The number of carbonyl (C=O) groups excluding carboxylic acids is 3. The Morgan fingerprint density at radius 3 is 2.09 bits per heavy atom. The molecule has 0 bridgehead atoms. The SMILES string of the molecule is CC(C)(C)OC(=O)NC(CCC(=O)c1sccc1Cl)c1ccc(OC(=O)OC(C)(C)C)cc1. The lowest BCUT2D eigenvalue weighted by molar-refractivity contribution is 0.0206. The summed E-state index contributed by atoms with van der Waals surface area (Å²) in [5.41, 5.74) is -0.611. The minimum atomic E-state index is -0.808. The minimum absolute atomic E-state index is 0.101. The van der Waals surface area contributed by atoms with Crippen LogP contribution in [0.25, 0.3) is 0 Å². The highest BCUT2D eigenvalue weighted by molar-refractivity contribution is 7.12. The average Bonchev–Trinajstić information content (AvgIpc) is 3.08. The topological polar surface area (TPSA) is 90.9 Å². The van der Waals surface area contributed by atoms with Gasteiger partial charge in [-0.15, -0.1) is 11.3 Å². The van der Waals surface area contributed by atoms with Gasteiger partial charge in [0.2, 0.25) is 0 Å². The van der Waals surface area contributed by atoms with E-state index in [9.17, 15) is 14.4 Å². The summed E-state index contributed by atoms with van der Waals surface area (Å²) in [6, 6.07) is 7.80. The minimum Gasteiger partial charge on any atom is -0.444 e. The summed E-state index contributed by atoms with van der Waals surface area (Å²) in [5, 5.41) is 5.00. The van der Waals surface area contributed by atoms with Crippen LogP contribution in [-0.4, -0.2) is 29.2 Å². The number of hydrogen-bond donors (Lipinski definition) is 1. The lowest BCUT2D eigenvalue weighted by Crippen LogP contribution is -2.35. The quantitative estimate of drug-likeness (QED) is 0.254. The Kier molecular flexibility index (Phi) is 8.91. The zero-order valence-corrected chi connectivity index (χ0v) is 21.3. The second-order valence-electron chi connectivity index (χ2n) is 9.39. The number of thiophene rings is 1. The van der Waals surface area contributed by atoms with Crippen LogP contribution in [0.4, 0.5) is 9.59 Å². The summed E-state index contributed by atoms with van der Waals surface area (Å²) in [7, 11) is 0. The first-order valence-electron chi connectivity index (χ1n) is 10.5. The van der Waals surface area contributed by atoms with Crippen molar-refractivity contribution in [1.82, 2.24) is 5.32 Å². The number of amides is 1. The fourth-order valence-electron chi connectivity index (χ4n) is 2.79. The molecule has 1 unspecified atom stereocenters. The monoisotopic (exact) mass is 495 g/mol. The molecule has 180 valence electrons. The van der Waals surface area contributed by atoms with Crippen molar-refractivity contribution in [2.45, 2.75) is 71.6 Å². The lowest BCUT2D eigenvalue weighted by Gasteiger charge is -2.24. The third-order valence-electron chi connectivity index (χ3n) is 4.09. The van der Waals surface area contributed by atoms with Crippen LogP contribution in [0.5, 0.6) is 5.75 Å². The first kappa shape index (κ1) is 26.7. The van der Waals surface area contributed by atoms with Gasteiger partial charge in [-0.3, -0.25) is 4.79 Å². The summed E-state index contributed by atoms with van der Waals surface area (Å²) in [4.78, 5) is 37.3. The first-order valence-corrected chi connectivity index (χ1v) is 11.8. The van der Waals surface area contributed by atoms with E-state index >= 15 is 0 Å². The Balaban J connectivity index is 2.12. The van der Waals surface area contributed by atoms with Crippen molar-refractivity contribution in [2.24, 2.45) is 0 Å². The van der Waals surface area contributed by atoms with Crippen molar-refractivity contribution in [2.75, 3.05) is 0 Å². The third-order valence-corrected chi connectivity index (χ3v) is 5.48. The summed E-state index contributed by atoms with van der Waals surface area (Å²) < 4.78 is 15.7. The number of Topliss-reactive ketones (excluding diaryl/α,β-unsaturated/α-hetero) is 1. The van der Waals surface area contributed by atoms with E-state index in [1.807, 2.05) is 0 Å². The molecule has 9 heteroatoms. The molecule has 1 N–H and O–H groups in total. The number of ether oxygens (including phenoxy) is 3. The number of hydrogen-bond acceptors (Lipinski definition) is 7. The van der Waals surface area contributed by atoms with Gasteiger partial charge in [0, 0.05) is 6.42 Å². The lowest BCUT2D eigenvalue weighted by atomic mass is 10.00. The fourth-order valence-corrected chi connectivity index (χ4v) is 3.92. The molecule has 7 nitrogen and oxygen atoms in total. The van der Waals surface area contributed by atoms with Gasteiger partial charge in [-0.25, -0.2) is 9.59 Å². The maximum Gasteiger partial charge on any atom is 0.514 e. The van der Waals surface area contributed by atoms with Gasteiger partial charge in [0.25, 0.3) is 0 Å². The molecule has 1 heterocycles. The van der Waals surface area contributed by atoms with Crippen LogP contribution in [0.15, 0.2) is 35.7 Å². The second-order valence-corrected chi connectivity index (χ2v) is 10.7. The highest BCUT2D eigenvalue weighted by Gasteiger charge is 2.23. The van der Waals surface area contributed by atoms with Crippen LogP contribution < -0.4 is 10.1 Å². The second kappa shape index (κ2) is 11.0. The van der Waals surface area contributed by atoms with Crippen molar-refractivity contribution in [3.8, 4) is 5.75 Å². The zero-order valence-electron chi connectivity index (χ0n) is 19.7. The molecule has 0 fully saturated rings. The fraction of sp³-hybridized carbons (Fsp3) is 0.458. The van der Waals surface area contributed by atoms with Gasteiger partial charge >= 0.3 is 12.2 Å². The Labute approximate surface area is 203 Å². The average molecular weight is 496 g/mol. The molecule has 0 saturated heterocycles. The van der Waals surface area contributed by atoms with Gasteiger partial charge in [0.1, 0.15) is 17.0 Å². The third kappa shape index (κ3) is 9.43. The van der Waals surface area contributed by atoms with Crippen LogP contribution in [0.2, 0.25) is 5.02 Å². The van der Waals surface area contributed by atoms with E-state index in [2.05, 4.69) is 5.32 Å². The standard InChI is InChI=1S/C24H30ClNO6S/c1-23(2,3)31-21(28)26-18(11-12-19(27)20-17(25)13-14-33-20)15-7-9-16(10-8-15)30-22(29)32-24(4,5)6/h7-10,13-14,18H,11-12H2,1-6H3,(H,26,28). The molecule has 0 radical (unpaired) electrons. The van der Waals surface area contributed by atoms with E-state index in [0.717, 1.165) is 5.56 Å². The number of carbonyl (C=O) groups is 3. The highest BCUT2D eigenvalue weighted by atomic mass is 35.5. The van der Waals surface area contributed by atoms with Crippen molar-refractivity contribution < 1.29 is 28.6 Å². The van der Waals surface area contributed by atoms with Crippen LogP contribution in [-0.2, 0) is 9.47 Å². The van der Waals surface area contributed by atoms with Crippen LogP contribution in [0.3, 0.4) is 0 Å². The molecule has 1 amide bonds. The normalized spacial score (nSPS) is 12.6. The number of rotatable bonds is 7. The molecule has 0 aliphatic rings. The van der Waals surface area contributed by atoms with Gasteiger partial charge in [-0.1, -0.05) is 23.7 Å². The van der Waals surface area contributed by atoms with Crippen molar-refractivity contribution >= 4 is 41.0 Å². The van der Waals surface area contributed by atoms with Crippen LogP contribution >= 0.6 is 22.9 Å². The molecule has 2 aromatic rings. The first-order chi connectivity index (χ1) is 15.2. The number of alkyl carbamates (subject to hydrolysis) is 1. The Hall–Kier alpha value is -2.58. The number of ketones is 1. The van der Waals surface area contributed by atoms with Crippen molar-refractivity contribution in [3.05, 3.63) is 51.2 Å². The number of benzene rings is 1. The molecular weight excluding hydrogens is 466 g/mol. The summed E-state index contributed by atoms with van der Waals surface area (Å²) in [5.74, 6) is 0.196. The molecule has 1 atom stereocenters. The van der Waals surface area contributed by atoms with Gasteiger partial charge in [-0.2, -0.15) is 0 Å². The molecular formula is C24H30ClNO6S. The van der Waals surface area contributed by atoms with Gasteiger partial charge in [0.05, 0.1) is 15.9 Å². The predicted molar refractivity (Wildman–Crippen MR) is 128 cm³/mol. The summed E-state index contributed by atoms with van der Waals surface area (Å²) >= 11 is 7.36. The summed E-state index contributed by atoms with van der Waals surface area (Å²) in [6.45, 7) is 10.5. The van der Waals surface area contributed by atoms with E-state index in [0.29, 0.717) is 22.1 Å². The Bertz CT molecular complexity index is 972. The number of halogens is 1. The van der Waals surface area contributed by atoms with Gasteiger partial charge in [0.15, 0.2) is 5.78 Å². The van der Waals surface area contributed by atoms with Gasteiger partial charge in [-0.05, 0) is 77.1 Å². The maximum atomic E-state index is 12.6. The molecule has 0 saturated carbocycles. The molecule has 2 rings (SSSR count). The largest absolute Gasteiger partial charge is 0.514 e. The maximum absolute atomic E-state index is 12.6. The zero-order chi connectivity index (χ0) is 24.8. The summed E-state index contributed by atoms with van der Waals surface area (Å²) in [6.07, 6.45) is -0.893. The molecule has 0 spiro atoms. The van der Waals surface area contributed by atoms with E-state index < -0.39 is 29.5 Å².